The second kappa shape index (κ2) is 4.42. The van der Waals surface area contributed by atoms with Gasteiger partial charge in [-0.3, -0.25) is 9.78 Å². The molecule has 92 valence electrons. The molecule has 0 bridgehead atoms. The van der Waals surface area contributed by atoms with Gasteiger partial charge < -0.3 is 10.0 Å². The predicted molar refractivity (Wildman–Crippen MR) is 70.0 cm³/mol. The van der Waals surface area contributed by atoms with Crippen molar-refractivity contribution in [3.8, 4) is 0 Å². The Morgan fingerprint density at radius 1 is 1.50 bits per heavy atom. The van der Waals surface area contributed by atoms with E-state index in [2.05, 4.69) is 9.88 Å². The Kier molecular flexibility index (Phi) is 2.76. The summed E-state index contributed by atoms with van der Waals surface area (Å²) in [6, 6.07) is 7.73. The molecule has 0 aliphatic carbocycles. The molecule has 1 aliphatic rings. The van der Waals surface area contributed by atoms with Gasteiger partial charge in [0.15, 0.2) is 0 Å². The van der Waals surface area contributed by atoms with Crippen LogP contribution in [0.2, 0.25) is 0 Å². The Hall–Kier alpha value is -1.88. The summed E-state index contributed by atoms with van der Waals surface area (Å²) in [4.78, 5) is 18.6. The van der Waals surface area contributed by atoms with Crippen LogP contribution in [0.3, 0.4) is 0 Å². The molecular weight excluding hydrogens is 248 g/mol. The number of benzene rings is 1. The van der Waals surface area contributed by atoms with Crippen LogP contribution < -0.4 is 4.90 Å². The Morgan fingerprint density at radius 3 is 3.06 bits per heavy atom. The van der Waals surface area contributed by atoms with E-state index in [0.717, 1.165) is 22.7 Å². The number of hydrogen-bond acceptors (Lipinski definition) is 4. The second-order valence-corrected chi connectivity index (χ2v) is 5.27. The Labute approximate surface area is 109 Å². The Balaban J connectivity index is 1.92. The molecule has 4 nitrogen and oxygen atoms in total. The molecule has 5 heteroatoms. The highest BCUT2D eigenvalue weighted by molar-refractivity contribution is 7.09. The molecule has 2 heterocycles. The van der Waals surface area contributed by atoms with Crippen molar-refractivity contribution < 1.29 is 9.90 Å². The quantitative estimate of drug-likeness (QED) is 0.920. The van der Waals surface area contributed by atoms with E-state index in [0.29, 0.717) is 6.54 Å². The minimum Gasteiger partial charge on any atom is -0.481 e. The highest BCUT2D eigenvalue weighted by Crippen LogP contribution is 2.37. The summed E-state index contributed by atoms with van der Waals surface area (Å²) in [5.41, 5.74) is 3.74. The fourth-order valence-electron chi connectivity index (χ4n) is 2.36. The molecule has 1 aliphatic heterocycles. The maximum atomic E-state index is 11.3. The molecule has 2 aromatic rings. The molecule has 0 spiro atoms. The summed E-state index contributed by atoms with van der Waals surface area (Å²) >= 11 is 1.59. The van der Waals surface area contributed by atoms with Gasteiger partial charge in [-0.15, -0.1) is 11.3 Å². The number of hydrogen-bond donors (Lipinski definition) is 1. The highest BCUT2D eigenvalue weighted by atomic mass is 32.1. The van der Waals surface area contributed by atoms with Gasteiger partial charge in [0.25, 0.3) is 0 Å². The molecule has 1 N–H and O–H groups in total. The van der Waals surface area contributed by atoms with E-state index in [9.17, 15) is 9.90 Å². The predicted octanol–water partition coefficient (Wildman–Crippen LogP) is 2.33. The third kappa shape index (κ3) is 1.86. The van der Waals surface area contributed by atoms with Gasteiger partial charge in [-0.2, -0.15) is 0 Å². The van der Waals surface area contributed by atoms with Gasteiger partial charge in [0.1, 0.15) is 5.92 Å². The van der Waals surface area contributed by atoms with Crippen LogP contribution in [-0.2, 0) is 11.3 Å². The fraction of sp³-hybridized carbons (Fsp3) is 0.231. The van der Waals surface area contributed by atoms with Gasteiger partial charge >= 0.3 is 5.97 Å². The number of rotatable bonds is 3. The molecule has 0 saturated heterocycles. The van der Waals surface area contributed by atoms with Gasteiger partial charge in [0.2, 0.25) is 0 Å². The SMILES string of the molecule is O=C(O)C1CN(Cc2cncs2)c2ccccc21. The highest BCUT2D eigenvalue weighted by Gasteiger charge is 2.33. The van der Waals surface area contributed by atoms with Crippen molar-refractivity contribution in [3.05, 3.63) is 46.4 Å². The molecule has 1 unspecified atom stereocenters. The zero-order valence-corrected chi connectivity index (χ0v) is 10.4. The van der Waals surface area contributed by atoms with Crippen LogP contribution in [0.25, 0.3) is 0 Å². The van der Waals surface area contributed by atoms with E-state index in [4.69, 9.17) is 0 Å². The summed E-state index contributed by atoms with van der Waals surface area (Å²) in [5, 5.41) is 9.27. The van der Waals surface area contributed by atoms with Crippen molar-refractivity contribution in [3.63, 3.8) is 0 Å². The summed E-state index contributed by atoms with van der Waals surface area (Å²) in [7, 11) is 0. The van der Waals surface area contributed by atoms with Crippen molar-refractivity contribution in [2.75, 3.05) is 11.4 Å². The molecule has 1 aromatic heterocycles. The van der Waals surface area contributed by atoms with Gasteiger partial charge in [0, 0.05) is 23.3 Å². The number of aromatic nitrogens is 1. The first-order valence-electron chi connectivity index (χ1n) is 5.70. The van der Waals surface area contributed by atoms with Crippen LogP contribution in [0.5, 0.6) is 0 Å². The summed E-state index contributed by atoms with van der Waals surface area (Å²) in [6.45, 7) is 1.26. The first-order chi connectivity index (χ1) is 8.75. The van der Waals surface area contributed by atoms with Crippen LogP contribution in [0.15, 0.2) is 36.0 Å². The molecule has 3 rings (SSSR count). The lowest BCUT2D eigenvalue weighted by Crippen LogP contribution is -2.23. The molecule has 0 radical (unpaired) electrons. The number of carboxylic acid groups (broad SMARTS) is 1. The lowest BCUT2D eigenvalue weighted by molar-refractivity contribution is -0.138. The van der Waals surface area contributed by atoms with E-state index >= 15 is 0 Å². The Bertz CT molecular complexity index is 568. The largest absolute Gasteiger partial charge is 0.481 e. The standard InChI is InChI=1S/C13H12N2O2S/c16-13(17)11-7-15(6-9-5-14-8-18-9)12-4-2-1-3-10(11)12/h1-5,8,11H,6-7H2,(H,16,17). The normalized spacial score (nSPS) is 17.8. The molecule has 0 amide bonds. The third-order valence-corrected chi connectivity index (χ3v) is 3.95. The lowest BCUT2D eigenvalue weighted by atomic mass is 10.0. The van der Waals surface area contributed by atoms with Crippen molar-refractivity contribution >= 4 is 23.0 Å². The Morgan fingerprint density at radius 2 is 2.33 bits per heavy atom. The minimum atomic E-state index is -0.755. The van der Waals surface area contributed by atoms with Crippen LogP contribution in [0, 0.1) is 0 Å². The van der Waals surface area contributed by atoms with Crippen LogP contribution in [0.4, 0.5) is 5.69 Å². The van der Waals surface area contributed by atoms with Crippen molar-refractivity contribution in [2.24, 2.45) is 0 Å². The average Bonchev–Trinajstić information content (AvgIpc) is 2.98. The van der Waals surface area contributed by atoms with Crippen LogP contribution >= 0.6 is 11.3 Å². The van der Waals surface area contributed by atoms with E-state index < -0.39 is 11.9 Å². The van der Waals surface area contributed by atoms with E-state index in [1.165, 1.54) is 0 Å². The van der Waals surface area contributed by atoms with E-state index in [1.807, 2.05) is 30.5 Å². The van der Waals surface area contributed by atoms with Crippen molar-refractivity contribution in [1.82, 2.24) is 4.98 Å². The maximum absolute atomic E-state index is 11.3. The number of nitrogens with zero attached hydrogens (tertiary/aromatic N) is 2. The van der Waals surface area contributed by atoms with Crippen molar-refractivity contribution in [2.45, 2.75) is 12.5 Å². The lowest BCUT2D eigenvalue weighted by Gasteiger charge is -2.18. The number of thiazole rings is 1. The molecular formula is C13H12N2O2S. The number of fused-ring (bicyclic) bond motifs is 1. The zero-order valence-electron chi connectivity index (χ0n) is 9.61. The number of aliphatic carboxylic acids is 1. The number of carbonyl (C=O) groups is 1. The smallest absolute Gasteiger partial charge is 0.312 e. The number of para-hydroxylation sites is 1. The number of carboxylic acids is 1. The molecule has 1 atom stereocenters. The first-order valence-corrected chi connectivity index (χ1v) is 6.57. The molecule has 1 aromatic carbocycles. The van der Waals surface area contributed by atoms with Gasteiger partial charge in [-0.1, -0.05) is 18.2 Å². The van der Waals surface area contributed by atoms with Crippen LogP contribution in [-0.4, -0.2) is 22.6 Å². The minimum absolute atomic E-state index is 0.422. The van der Waals surface area contributed by atoms with E-state index in [1.54, 1.807) is 16.8 Å². The maximum Gasteiger partial charge on any atom is 0.312 e. The third-order valence-electron chi connectivity index (χ3n) is 3.18. The monoisotopic (exact) mass is 260 g/mol. The van der Waals surface area contributed by atoms with Crippen molar-refractivity contribution in [1.29, 1.82) is 0 Å². The van der Waals surface area contributed by atoms with Crippen LogP contribution in [0.1, 0.15) is 16.4 Å². The van der Waals surface area contributed by atoms with Gasteiger partial charge in [-0.05, 0) is 11.6 Å². The number of anilines is 1. The summed E-state index contributed by atoms with van der Waals surface area (Å²) < 4.78 is 0. The van der Waals surface area contributed by atoms with Gasteiger partial charge in [0.05, 0.1) is 12.1 Å². The van der Waals surface area contributed by atoms with E-state index in [-0.39, 0.29) is 0 Å². The molecule has 18 heavy (non-hydrogen) atoms. The fourth-order valence-corrected chi connectivity index (χ4v) is 2.97. The summed E-state index contributed by atoms with van der Waals surface area (Å²) in [6.07, 6.45) is 1.83. The van der Waals surface area contributed by atoms with Gasteiger partial charge in [-0.25, -0.2) is 0 Å². The topological polar surface area (TPSA) is 53.4 Å². The summed E-state index contributed by atoms with van der Waals surface area (Å²) in [5.74, 6) is -1.18. The first kappa shape index (κ1) is 11.2. The molecule has 0 saturated carbocycles. The second-order valence-electron chi connectivity index (χ2n) is 4.30. The average molecular weight is 260 g/mol. The zero-order chi connectivity index (χ0) is 12.5. The molecule has 0 fully saturated rings.